The van der Waals surface area contributed by atoms with Gasteiger partial charge in [-0.2, -0.15) is 0 Å². The second kappa shape index (κ2) is 10.7. The number of nitrogens with one attached hydrogen (secondary N) is 1. The standard InChI is InChI=1S/C25H28N4O4/c1-31-21-11-10-18(15-22(21)32-2)16-28-24(30)19-7-6-14-29(17-19)23-25(27-13-12-26-23)33-20-8-4-3-5-9-20/h3-5,8-13,15,19H,6-7,14,16-17H2,1-2H3,(H,28,30)/t19-/m1/s1. The predicted octanol–water partition coefficient (Wildman–Crippen LogP) is 3.82. The molecule has 1 aliphatic rings. The Labute approximate surface area is 193 Å². The van der Waals surface area contributed by atoms with Gasteiger partial charge in [0.15, 0.2) is 17.3 Å². The predicted molar refractivity (Wildman–Crippen MR) is 125 cm³/mol. The highest BCUT2D eigenvalue weighted by atomic mass is 16.5. The monoisotopic (exact) mass is 448 g/mol. The molecule has 0 aliphatic carbocycles. The number of rotatable bonds is 8. The number of hydrogen-bond acceptors (Lipinski definition) is 7. The largest absolute Gasteiger partial charge is 0.493 e. The summed E-state index contributed by atoms with van der Waals surface area (Å²) in [6.07, 6.45) is 4.96. The van der Waals surface area contributed by atoms with E-state index in [1.165, 1.54) is 0 Å². The van der Waals surface area contributed by atoms with Crippen LogP contribution < -0.4 is 24.4 Å². The molecule has 172 valence electrons. The highest BCUT2D eigenvalue weighted by Crippen LogP contribution is 2.31. The van der Waals surface area contributed by atoms with Crippen molar-refractivity contribution in [1.29, 1.82) is 0 Å². The summed E-state index contributed by atoms with van der Waals surface area (Å²) in [5.74, 6) is 2.96. The SMILES string of the molecule is COc1ccc(CNC(=O)[C@@H]2CCCN(c3nccnc3Oc3ccccc3)C2)cc1OC. The first kappa shape index (κ1) is 22.4. The maximum atomic E-state index is 12.9. The molecule has 1 N–H and O–H groups in total. The highest BCUT2D eigenvalue weighted by Gasteiger charge is 2.28. The van der Waals surface area contributed by atoms with Crippen molar-refractivity contribution in [2.24, 2.45) is 5.92 Å². The Balaban J connectivity index is 1.40. The van der Waals surface area contributed by atoms with Gasteiger partial charge in [0.05, 0.1) is 20.1 Å². The van der Waals surface area contributed by atoms with Crippen LogP contribution in [0, 0.1) is 5.92 Å². The Kier molecular flexibility index (Phi) is 7.24. The lowest BCUT2D eigenvalue weighted by Crippen LogP contribution is -2.43. The number of carbonyl (C=O) groups is 1. The molecule has 4 rings (SSSR count). The van der Waals surface area contributed by atoms with Crippen LogP contribution >= 0.6 is 0 Å². The Morgan fingerprint density at radius 2 is 1.85 bits per heavy atom. The minimum atomic E-state index is -0.148. The van der Waals surface area contributed by atoms with E-state index in [0.717, 1.165) is 24.9 Å². The van der Waals surface area contributed by atoms with Gasteiger partial charge >= 0.3 is 0 Å². The van der Waals surface area contributed by atoms with Gasteiger partial charge in [0.25, 0.3) is 5.88 Å². The minimum Gasteiger partial charge on any atom is -0.493 e. The number of nitrogens with zero attached hydrogens (tertiary/aromatic N) is 3. The van der Waals surface area contributed by atoms with Gasteiger partial charge in [-0.1, -0.05) is 24.3 Å². The molecule has 0 bridgehead atoms. The minimum absolute atomic E-state index is 0.0175. The number of piperidine rings is 1. The van der Waals surface area contributed by atoms with Gasteiger partial charge < -0.3 is 24.4 Å². The van der Waals surface area contributed by atoms with Crippen LogP contribution in [-0.2, 0) is 11.3 Å². The number of aromatic nitrogens is 2. The summed E-state index contributed by atoms with van der Waals surface area (Å²) in [4.78, 5) is 23.9. The molecule has 8 heteroatoms. The second-order valence-corrected chi connectivity index (χ2v) is 7.79. The van der Waals surface area contributed by atoms with Crippen LogP contribution in [0.25, 0.3) is 0 Å². The summed E-state index contributed by atoms with van der Waals surface area (Å²) in [5, 5.41) is 3.05. The van der Waals surface area contributed by atoms with Crippen molar-refractivity contribution in [3.05, 3.63) is 66.5 Å². The van der Waals surface area contributed by atoms with Crippen LogP contribution in [0.4, 0.5) is 5.82 Å². The smallest absolute Gasteiger partial charge is 0.263 e. The maximum absolute atomic E-state index is 12.9. The Morgan fingerprint density at radius 1 is 1.06 bits per heavy atom. The first-order valence-corrected chi connectivity index (χ1v) is 11.0. The average molecular weight is 449 g/mol. The van der Waals surface area contributed by atoms with Crippen LogP contribution in [-0.4, -0.2) is 43.2 Å². The van der Waals surface area contributed by atoms with Crippen LogP contribution in [0.3, 0.4) is 0 Å². The third-order valence-corrected chi connectivity index (χ3v) is 5.61. The Morgan fingerprint density at radius 3 is 2.64 bits per heavy atom. The number of benzene rings is 2. The normalized spacial score (nSPS) is 15.6. The van der Waals surface area contributed by atoms with Gasteiger partial charge in [-0.25, -0.2) is 9.97 Å². The summed E-state index contributed by atoms with van der Waals surface area (Å²) >= 11 is 0. The first-order valence-electron chi connectivity index (χ1n) is 11.0. The van der Waals surface area contributed by atoms with Crippen molar-refractivity contribution in [3.8, 4) is 23.1 Å². The molecule has 2 heterocycles. The fourth-order valence-electron chi connectivity index (χ4n) is 3.91. The molecule has 33 heavy (non-hydrogen) atoms. The number of hydrogen-bond donors (Lipinski definition) is 1. The van der Waals surface area contributed by atoms with Crippen LogP contribution in [0.5, 0.6) is 23.1 Å². The van der Waals surface area contributed by atoms with Crippen molar-refractivity contribution < 1.29 is 19.0 Å². The summed E-state index contributed by atoms with van der Waals surface area (Å²) in [6.45, 7) is 1.77. The van der Waals surface area contributed by atoms with Crippen LogP contribution in [0.2, 0.25) is 0 Å². The van der Waals surface area contributed by atoms with E-state index in [-0.39, 0.29) is 11.8 Å². The number of amides is 1. The van der Waals surface area contributed by atoms with E-state index < -0.39 is 0 Å². The van der Waals surface area contributed by atoms with E-state index >= 15 is 0 Å². The summed E-state index contributed by atoms with van der Waals surface area (Å²) < 4.78 is 16.6. The van der Waals surface area contributed by atoms with E-state index in [1.54, 1.807) is 26.6 Å². The summed E-state index contributed by atoms with van der Waals surface area (Å²) in [7, 11) is 3.20. The van der Waals surface area contributed by atoms with Crippen molar-refractivity contribution in [2.45, 2.75) is 19.4 Å². The molecule has 1 aromatic heterocycles. The third-order valence-electron chi connectivity index (χ3n) is 5.61. The van der Waals surface area contributed by atoms with Crippen molar-refractivity contribution in [1.82, 2.24) is 15.3 Å². The van der Waals surface area contributed by atoms with E-state index in [0.29, 0.717) is 42.0 Å². The van der Waals surface area contributed by atoms with Gasteiger partial charge in [-0.05, 0) is 42.7 Å². The summed E-state index contributed by atoms with van der Waals surface area (Å²) in [5.41, 5.74) is 0.945. The number of para-hydroxylation sites is 1. The van der Waals surface area contributed by atoms with Gasteiger partial charge in [-0.15, -0.1) is 0 Å². The highest BCUT2D eigenvalue weighted by molar-refractivity contribution is 5.79. The van der Waals surface area contributed by atoms with Crippen molar-refractivity contribution >= 4 is 11.7 Å². The fraction of sp³-hybridized carbons (Fsp3) is 0.320. The number of methoxy groups -OCH3 is 2. The van der Waals surface area contributed by atoms with Gasteiger partial charge in [0.2, 0.25) is 5.91 Å². The van der Waals surface area contributed by atoms with Crippen molar-refractivity contribution in [2.75, 3.05) is 32.2 Å². The molecule has 8 nitrogen and oxygen atoms in total. The number of ether oxygens (including phenoxy) is 3. The van der Waals surface area contributed by atoms with Crippen molar-refractivity contribution in [3.63, 3.8) is 0 Å². The third kappa shape index (κ3) is 5.52. The zero-order chi connectivity index (χ0) is 23.0. The van der Waals surface area contributed by atoms with Gasteiger partial charge in [0.1, 0.15) is 5.75 Å². The van der Waals surface area contributed by atoms with Gasteiger partial charge in [-0.3, -0.25) is 4.79 Å². The Bertz CT molecular complexity index is 1080. The molecule has 0 saturated carbocycles. The fourth-order valence-corrected chi connectivity index (χ4v) is 3.91. The van der Waals surface area contributed by atoms with E-state index in [9.17, 15) is 4.79 Å². The number of anilines is 1. The van der Waals surface area contributed by atoms with Gasteiger partial charge in [0, 0.05) is 32.0 Å². The molecule has 1 fully saturated rings. The van der Waals surface area contributed by atoms with E-state index in [1.807, 2.05) is 48.5 Å². The summed E-state index contributed by atoms with van der Waals surface area (Å²) in [6, 6.07) is 15.1. The lowest BCUT2D eigenvalue weighted by Gasteiger charge is -2.33. The second-order valence-electron chi connectivity index (χ2n) is 7.79. The lowest BCUT2D eigenvalue weighted by molar-refractivity contribution is -0.125. The van der Waals surface area contributed by atoms with Crippen LogP contribution in [0.15, 0.2) is 60.9 Å². The van der Waals surface area contributed by atoms with E-state index in [4.69, 9.17) is 14.2 Å². The molecule has 1 saturated heterocycles. The Hall–Kier alpha value is -3.81. The molecule has 2 aromatic carbocycles. The quantitative estimate of drug-likeness (QED) is 0.561. The molecular weight excluding hydrogens is 420 g/mol. The zero-order valence-electron chi connectivity index (χ0n) is 18.9. The molecule has 3 aromatic rings. The first-order chi connectivity index (χ1) is 16.2. The lowest BCUT2D eigenvalue weighted by atomic mass is 9.97. The van der Waals surface area contributed by atoms with Crippen LogP contribution in [0.1, 0.15) is 18.4 Å². The molecule has 0 spiro atoms. The molecule has 1 atom stereocenters. The molecule has 0 unspecified atom stereocenters. The molecular formula is C25H28N4O4. The topological polar surface area (TPSA) is 85.8 Å². The zero-order valence-corrected chi connectivity index (χ0v) is 18.9. The number of carbonyl (C=O) groups excluding carboxylic acids is 1. The molecule has 1 amide bonds. The average Bonchev–Trinajstić information content (AvgIpc) is 2.88. The maximum Gasteiger partial charge on any atom is 0.263 e. The molecule has 0 radical (unpaired) electrons. The van der Waals surface area contributed by atoms with E-state index in [2.05, 4.69) is 20.2 Å². The molecule has 1 aliphatic heterocycles.